The first-order valence-electron chi connectivity index (χ1n) is 5.68. The van der Waals surface area contributed by atoms with Crippen molar-refractivity contribution >= 4 is 17.7 Å². The molecule has 4 heteroatoms. The number of aromatic carboxylic acids is 1. The molecule has 0 aliphatic carbocycles. The minimum atomic E-state index is -0.862. The maximum absolute atomic E-state index is 11.0. The number of carboxylic acids is 1. The molecule has 17 heavy (non-hydrogen) atoms. The van der Waals surface area contributed by atoms with Crippen molar-refractivity contribution in [1.82, 2.24) is 5.32 Å². The van der Waals surface area contributed by atoms with Crippen LogP contribution in [0.25, 0.3) is 0 Å². The van der Waals surface area contributed by atoms with Gasteiger partial charge in [0.25, 0.3) is 0 Å². The van der Waals surface area contributed by atoms with Crippen LogP contribution in [0.1, 0.15) is 29.3 Å². The second-order valence-electron chi connectivity index (χ2n) is 4.03. The summed E-state index contributed by atoms with van der Waals surface area (Å²) < 4.78 is 0. The molecule has 0 aliphatic rings. The van der Waals surface area contributed by atoms with Crippen LogP contribution in [0.4, 0.5) is 0 Å². The number of carboxylic acid groups (broad SMARTS) is 1. The summed E-state index contributed by atoms with van der Waals surface area (Å²) in [5.41, 5.74) is 1.23. The van der Waals surface area contributed by atoms with Crippen LogP contribution in [0.3, 0.4) is 0 Å². The van der Waals surface area contributed by atoms with Crippen LogP contribution in [-0.2, 0) is 6.54 Å². The van der Waals surface area contributed by atoms with Crippen molar-refractivity contribution in [2.45, 2.75) is 25.9 Å². The highest BCUT2D eigenvalue weighted by atomic mass is 32.2. The molecule has 1 aromatic rings. The maximum Gasteiger partial charge on any atom is 0.336 e. The van der Waals surface area contributed by atoms with E-state index in [-0.39, 0.29) is 0 Å². The third kappa shape index (κ3) is 4.79. The number of nitrogens with one attached hydrogen (secondary N) is 1. The first kappa shape index (κ1) is 14.1. The van der Waals surface area contributed by atoms with Crippen molar-refractivity contribution in [2.75, 3.05) is 12.0 Å². The van der Waals surface area contributed by atoms with Gasteiger partial charge in [-0.1, -0.05) is 18.2 Å². The van der Waals surface area contributed by atoms with Crippen LogP contribution in [0.15, 0.2) is 24.3 Å². The molecule has 1 atom stereocenters. The van der Waals surface area contributed by atoms with Gasteiger partial charge in [0, 0.05) is 12.6 Å². The van der Waals surface area contributed by atoms with Gasteiger partial charge < -0.3 is 10.4 Å². The van der Waals surface area contributed by atoms with E-state index < -0.39 is 5.97 Å². The van der Waals surface area contributed by atoms with Crippen LogP contribution in [0.2, 0.25) is 0 Å². The fraction of sp³-hybridized carbons (Fsp3) is 0.462. The Morgan fingerprint density at radius 2 is 2.18 bits per heavy atom. The van der Waals surface area contributed by atoms with Gasteiger partial charge in [0.05, 0.1) is 5.56 Å². The predicted molar refractivity (Wildman–Crippen MR) is 72.7 cm³/mol. The van der Waals surface area contributed by atoms with Crippen molar-refractivity contribution in [3.05, 3.63) is 35.4 Å². The summed E-state index contributed by atoms with van der Waals surface area (Å²) in [7, 11) is 0. The molecule has 0 fully saturated rings. The Labute approximate surface area is 107 Å². The standard InChI is InChI=1S/C13H19NO2S/c1-10(7-8-17-2)14-9-11-5-3-4-6-12(11)13(15)16/h3-6,10,14H,7-9H2,1-2H3,(H,15,16). The Hall–Kier alpha value is -1.00. The van der Waals surface area contributed by atoms with E-state index in [0.717, 1.165) is 17.7 Å². The number of thioether (sulfide) groups is 1. The normalized spacial score (nSPS) is 12.4. The molecule has 0 aliphatic heterocycles. The highest BCUT2D eigenvalue weighted by Gasteiger charge is 2.09. The quantitative estimate of drug-likeness (QED) is 0.784. The largest absolute Gasteiger partial charge is 0.478 e. The molecule has 0 heterocycles. The van der Waals surface area contributed by atoms with Crippen LogP contribution in [-0.4, -0.2) is 29.1 Å². The molecule has 0 radical (unpaired) electrons. The van der Waals surface area contributed by atoms with E-state index in [1.54, 1.807) is 12.1 Å². The Bertz CT molecular complexity index is 368. The van der Waals surface area contributed by atoms with Crippen LogP contribution in [0.5, 0.6) is 0 Å². The third-order valence-corrected chi connectivity index (χ3v) is 3.29. The van der Waals surface area contributed by atoms with E-state index in [4.69, 9.17) is 5.11 Å². The average molecular weight is 253 g/mol. The van der Waals surface area contributed by atoms with Crippen molar-refractivity contribution in [3.63, 3.8) is 0 Å². The van der Waals surface area contributed by atoms with Gasteiger partial charge in [-0.05, 0) is 37.0 Å². The minimum absolute atomic E-state index is 0.386. The molecule has 0 bridgehead atoms. The monoisotopic (exact) mass is 253 g/mol. The summed E-state index contributed by atoms with van der Waals surface area (Å²) in [6, 6.07) is 7.54. The summed E-state index contributed by atoms with van der Waals surface area (Å²) in [4.78, 5) is 11.0. The SMILES string of the molecule is CSCCC(C)NCc1ccccc1C(=O)O. The summed E-state index contributed by atoms with van der Waals surface area (Å²) in [6.45, 7) is 2.73. The highest BCUT2D eigenvalue weighted by molar-refractivity contribution is 7.98. The molecular formula is C13H19NO2S. The molecule has 1 unspecified atom stereocenters. The zero-order chi connectivity index (χ0) is 12.7. The van der Waals surface area contributed by atoms with E-state index in [9.17, 15) is 4.79 Å². The zero-order valence-electron chi connectivity index (χ0n) is 10.3. The van der Waals surface area contributed by atoms with Gasteiger partial charge in [-0.3, -0.25) is 0 Å². The molecule has 0 aromatic heterocycles. The fourth-order valence-electron chi connectivity index (χ4n) is 1.56. The molecular weight excluding hydrogens is 234 g/mol. The number of carbonyl (C=O) groups is 1. The molecule has 0 spiro atoms. The number of benzene rings is 1. The summed E-state index contributed by atoms with van der Waals surface area (Å²) in [6.07, 6.45) is 3.18. The van der Waals surface area contributed by atoms with Gasteiger partial charge >= 0.3 is 5.97 Å². The predicted octanol–water partition coefficient (Wildman–Crippen LogP) is 2.62. The Balaban J connectivity index is 2.54. The third-order valence-electron chi connectivity index (χ3n) is 2.64. The molecule has 2 N–H and O–H groups in total. The van der Waals surface area contributed by atoms with E-state index in [1.165, 1.54) is 0 Å². The molecule has 1 aromatic carbocycles. The van der Waals surface area contributed by atoms with Crippen LogP contribution < -0.4 is 5.32 Å². The summed E-state index contributed by atoms with van der Waals surface area (Å²) in [5.74, 6) is 0.258. The highest BCUT2D eigenvalue weighted by Crippen LogP contribution is 2.09. The van der Waals surface area contributed by atoms with Gasteiger partial charge in [0.2, 0.25) is 0 Å². The van der Waals surface area contributed by atoms with E-state index in [2.05, 4.69) is 18.5 Å². The molecule has 1 rings (SSSR count). The Morgan fingerprint density at radius 3 is 2.82 bits per heavy atom. The summed E-state index contributed by atoms with van der Waals surface area (Å²) in [5, 5.41) is 12.4. The topological polar surface area (TPSA) is 49.3 Å². The lowest BCUT2D eigenvalue weighted by atomic mass is 10.1. The Morgan fingerprint density at radius 1 is 1.47 bits per heavy atom. The second kappa shape index (κ2) is 7.35. The molecule has 0 amide bonds. The van der Waals surface area contributed by atoms with Crippen LogP contribution >= 0.6 is 11.8 Å². The van der Waals surface area contributed by atoms with Gasteiger partial charge in [-0.15, -0.1) is 0 Å². The van der Waals surface area contributed by atoms with E-state index in [0.29, 0.717) is 18.2 Å². The molecule has 94 valence electrons. The average Bonchev–Trinajstić information content (AvgIpc) is 2.34. The maximum atomic E-state index is 11.0. The van der Waals surface area contributed by atoms with Crippen LogP contribution in [0, 0.1) is 0 Å². The van der Waals surface area contributed by atoms with Gasteiger partial charge in [0.1, 0.15) is 0 Å². The zero-order valence-corrected chi connectivity index (χ0v) is 11.1. The minimum Gasteiger partial charge on any atom is -0.478 e. The molecule has 0 saturated carbocycles. The van der Waals surface area contributed by atoms with Crippen molar-refractivity contribution in [3.8, 4) is 0 Å². The van der Waals surface area contributed by atoms with Crippen molar-refractivity contribution < 1.29 is 9.90 Å². The van der Waals surface area contributed by atoms with Gasteiger partial charge in [0.15, 0.2) is 0 Å². The summed E-state index contributed by atoms with van der Waals surface area (Å²) >= 11 is 1.83. The second-order valence-corrected chi connectivity index (χ2v) is 5.01. The molecule has 0 saturated heterocycles. The van der Waals surface area contributed by atoms with Gasteiger partial charge in [-0.2, -0.15) is 11.8 Å². The first-order valence-corrected chi connectivity index (χ1v) is 7.08. The number of hydrogen-bond acceptors (Lipinski definition) is 3. The Kier molecular flexibility index (Phi) is 6.08. The lowest BCUT2D eigenvalue weighted by Gasteiger charge is -2.14. The smallest absolute Gasteiger partial charge is 0.336 e. The van der Waals surface area contributed by atoms with E-state index >= 15 is 0 Å². The van der Waals surface area contributed by atoms with Crippen molar-refractivity contribution in [1.29, 1.82) is 0 Å². The van der Waals surface area contributed by atoms with Crippen molar-refractivity contribution in [2.24, 2.45) is 0 Å². The lowest BCUT2D eigenvalue weighted by Crippen LogP contribution is -2.26. The van der Waals surface area contributed by atoms with Gasteiger partial charge in [-0.25, -0.2) is 4.79 Å². The first-order chi connectivity index (χ1) is 8.15. The molecule has 3 nitrogen and oxygen atoms in total. The van der Waals surface area contributed by atoms with E-state index in [1.807, 2.05) is 23.9 Å². The fourth-order valence-corrected chi connectivity index (χ4v) is 2.15. The lowest BCUT2D eigenvalue weighted by molar-refractivity contribution is 0.0695. The number of hydrogen-bond donors (Lipinski definition) is 2. The number of rotatable bonds is 7.